The number of fused-ring (bicyclic) bond motifs is 24. The van der Waals surface area contributed by atoms with Gasteiger partial charge in [-0.2, -0.15) is 0 Å². The normalized spacial score (nSPS) is 13.8. The van der Waals surface area contributed by atoms with Crippen LogP contribution in [0.2, 0.25) is 0 Å². The van der Waals surface area contributed by atoms with Crippen molar-refractivity contribution in [3.05, 3.63) is 463 Å². The van der Waals surface area contributed by atoms with Crippen LogP contribution in [0.1, 0.15) is 99.9 Å². The van der Waals surface area contributed by atoms with Gasteiger partial charge in [0.1, 0.15) is 44.7 Å². The molecule has 0 atom stereocenters. The monoisotopic (exact) mass is 1900 g/mol. The molecule has 0 aliphatic heterocycles. The summed E-state index contributed by atoms with van der Waals surface area (Å²) in [6.07, 6.45) is 0. The van der Waals surface area contributed by atoms with E-state index < -0.39 is 0 Å². The second-order valence-electron chi connectivity index (χ2n) is 41.4. The summed E-state index contributed by atoms with van der Waals surface area (Å²) in [4.78, 5) is 45.9. The maximum Gasteiger partial charge on any atom is 0.164 e. The zero-order valence-electron chi connectivity index (χ0n) is 82.5. The van der Waals surface area contributed by atoms with E-state index in [4.69, 9.17) is 62.5 Å². The van der Waals surface area contributed by atoms with Gasteiger partial charge in [0.2, 0.25) is 0 Å². The van der Waals surface area contributed by atoms with Crippen molar-refractivity contribution in [2.75, 3.05) is 0 Å². The molecule has 0 unspecified atom stereocenters. The lowest BCUT2D eigenvalue weighted by Gasteiger charge is -2.22. The number of hydrogen-bond donors (Lipinski definition) is 0. The van der Waals surface area contributed by atoms with E-state index in [2.05, 4.69) is 347 Å². The van der Waals surface area contributed by atoms with E-state index in [1.54, 1.807) is 0 Å². The maximum atomic E-state index is 6.32. The zero-order chi connectivity index (χ0) is 99.2. The van der Waals surface area contributed by atoms with Crippen LogP contribution in [0.4, 0.5) is 0 Å². The Labute approximate surface area is 853 Å². The molecule has 0 N–H and O–H groups in total. The van der Waals surface area contributed by atoms with Crippen LogP contribution in [0.5, 0.6) is 0 Å². The van der Waals surface area contributed by atoms with E-state index in [0.29, 0.717) is 52.4 Å². The van der Waals surface area contributed by atoms with Gasteiger partial charge in [-0.3, -0.25) is 0 Å². The Hall–Kier alpha value is -18.6. The van der Waals surface area contributed by atoms with Crippen molar-refractivity contribution in [1.82, 2.24) is 44.9 Å². The molecule has 13 nitrogen and oxygen atoms in total. The minimum absolute atomic E-state index is 0.117. The number of benzene rings is 19. The van der Waals surface area contributed by atoms with E-state index in [9.17, 15) is 0 Å². The third-order valence-electron chi connectivity index (χ3n) is 31.2. The highest BCUT2D eigenvalue weighted by molar-refractivity contribution is 6.12. The van der Waals surface area contributed by atoms with E-state index in [1.165, 1.54) is 89.0 Å². The fraction of sp³-hybridized carbons (Fsp3) is 0.0889. The molecule has 0 saturated carbocycles. The van der Waals surface area contributed by atoms with Crippen LogP contribution < -0.4 is 0 Å². The molecular formula is C135H93N9O4. The average Bonchev–Trinajstić information content (AvgIpc) is 1.56. The maximum absolute atomic E-state index is 6.32. The minimum Gasteiger partial charge on any atom is -0.456 e. The Morgan fingerprint density at radius 1 is 0.128 bits per heavy atom. The SMILES string of the molecule is CC1(C)c2cc(-c3nc(-c4cccc(-c5ccccc5)c4)nc(-c4cccc(-c5ccccc5)c4)n3)ccc2-c2cc3c(cc21)oc1ccccc13.CC1(C)c2cc(-c3nc(-c4ccccc4)nc(-c4ccc5oc6ccccc6c5c4)n3)ccc2-c2cc3c(cc21)oc1ccccc13.CC1(C)c2ccccc2-c2ccc(-c3nc(-c4ccccc4)nc(-c4ccc5c(c4)C(C)(C)c4cc6oc7ccccc7c6cc4-5)n3)cc21. The van der Waals surface area contributed by atoms with Crippen molar-refractivity contribution in [1.29, 1.82) is 0 Å². The summed E-state index contributed by atoms with van der Waals surface area (Å²) in [5.74, 6) is 5.82. The number of nitrogens with zero attached hydrogens (tertiary/aromatic N) is 9. The molecule has 19 aromatic carbocycles. The molecule has 0 amide bonds. The minimum atomic E-state index is -0.249. The highest BCUT2D eigenvalue weighted by atomic mass is 16.3. The lowest BCUT2D eigenvalue weighted by Crippen LogP contribution is -2.15. The Morgan fingerprint density at radius 2 is 0.345 bits per heavy atom. The fourth-order valence-corrected chi connectivity index (χ4v) is 23.4. The van der Waals surface area contributed by atoms with Gasteiger partial charge in [0.25, 0.3) is 0 Å². The van der Waals surface area contributed by atoms with Crippen LogP contribution in [0.3, 0.4) is 0 Å². The van der Waals surface area contributed by atoms with Crippen molar-refractivity contribution in [2.45, 2.75) is 77.0 Å². The molecule has 13 heteroatoms. The topological polar surface area (TPSA) is 169 Å². The summed E-state index contributed by atoms with van der Waals surface area (Å²) in [6, 6.07) is 146. The molecule has 4 aliphatic carbocycles. The van der Waals surface area contributed by atoms with Gasteiger partial charge >= 0.3 is 0 Å². The van der Waals surface area contributed by atoms with Gasteiger partial charge in [0, 0.05) is 115 Å². The Bertz CT molecular complexity index is 9900. The second-order valence-corrected chi connectivity index (χ2v) is 41.4. The van der Waals surface area contributed by atoms with Crippen molar-refractivity contribution < 1.29 is 17.7 Å². The zero-order valence-corrected chi connectivity index (χ0v) is 82.5. The first-order valence-corrected chi connectivity index (χ1v) is 50.5. The fourth-order valence-electron chi connectivity index (χ4n) is 23.4. The van der Waals surface area contributed by atoms with Crippen LogP contribution in [0.15, 0.2) is 436 Å². The first-order chi connectivity index (χ1) is 72.3. The highest BCUT2D eigenvalue weighted by Gasteiger charge is 2.42. The summed E-state index contributed by atoms with van der Waals surface area (Å²) >= 11 is 0. The van der Waals surface area contributed by atoms with Crippen molar-refractivity contribution >= 4 is 87.8 Å². The molecule has 7 heterocycles. The third kappa shape index (κ3) is 14.3. The number of hydrogen-bond acceptors (Lipinski definition) is 13. The number of para-hydroxylation sites is 4. The molecular weight excluding hydrogens is 1810 g/mol. The van der Waals surface area contributed by atoms with E-state index in [1.807, 2.05) is 127 Å². The predicted octanol–water partition coefficient (Wildman–Crippen LogP) is 34.8. The Balaban J connectivity index is 0.000000107. The van der Waals surface area contributed by atoms with Gasteiger partial charge < -0.3 is 17.7 Å². The standard InChI is InChI=1S/C48H33N3O.C45H33N3O.C42H27N3O2/c1-48(2)41-27-36(23-24-37(41)39-28-40-38-21-9-10-22-43(38)52-44(40)29-42(39)48)47-50-45(34-19-11-17-32(25-34)30-13-5-3-6-14-30)49-46(51-47)35-20-12-18-33(26-35)31-15-7-4-8-16-31;1-44(2)35-16-10-8-14-29(35)30-20-18-27(22-36(30)44)42-46-41(26-12-6-5-7-13-26)47-43(48-42)28-19-21-31-33-24-34-32-15-9-11-17-39(32)49-40(34)25-38(33)45(3,4)37(31)23-28;1-42(2)33-21-26(16-18-27(33)30-22-32-29-13-7-9-15-36(29)47-38(32)23-34(30)42)41-44-39(24-10-4-3-5-11-24)43-40(45-41)25-17-19-37-31(20-25)28-12-6-8-14-35(28)46-37/h3-29H,1-2H3;5-25H,1-4H3;3-23H,1-2H3. The first kappa shape index (κ1) is 87.2. The van der Waals surface area contributed by atoms with Crippen LogP contribution in [-0.4, -0.2) is 44.9 Å². The smallest absolute Gasteiger partial charge is 0.164 e. The highest BCUT2D eigenvalue weighted by Crippen LogP contribution is 2.57. The van der Waals surface area contributed by atoms with Crippen molar-refractivity contribution in [2.24, 2.45) is 0 Å². The molecule has 7 aromatic heterocycles. The number of aromatic nitrogens is 9. The predicted molar refractivity (Wildman–Crippen MR) is 599 cm³/mol. The molecule has 0 radical (unpaired) electrons. The van der Waals surface area contributed by atoms with Gasteiger partial charge in [-0.05, 0) is 227 Å². The molecule has 0 bridgehead atoms. The Kier molecular flexibility index (Phi) is 19.7. The van der Waals surface area contributed by atoms with E-state index in [-0.39, 0.29) is 21.7 Å². The molecule has 4 aliphatic rings. The lowest BCUT2D eigenvalue weighted by molar-refractivity contribution is 0.647. The van der Waals surface area contributed by atoms with Crippen molar-refractivity contribution in [3.63, 3.8) is 0 Å². The van der Waals surface area contributed by atoms with Crippen molar-refractivity contribution in [3.8, 4) is 169 Å². The largest absolute Gasteiger partial charge is 0.456 e. The third-order valence-corrected chi connectivity index (χ3v) is 31.2. The van der Waals surface area contributed by atoms with E-state index in [0.717, 1.165) is 160 Å². The van der Waals surface area contributed by atoms with Crippen LogP contribution in [0.25, 0.3) is 257 Å². The summed E-state index contributed by atoms with van der Waals surface area (Å²) < 4.78 is 25.0. The number of furan rings is 4. The Morgan fingerprint density at radius 3 is 0.682 bits per heavy atom. The summed E-state index contributed by atoms with van der Waals surface area (Å²) in [5, 5.41) is 8.97. The molecule has 148 heavy (non-hydrogen) atoms. The average molecular weight is 1910 g/mol. The van der Waals surface area contributed by atoms with Crippen LogP contribution in [-0.2, 0) is 21.7 Å². The number of rotatable bonds is 11. The van der Waals surface area contributed by atoms with Gasteiger partial charge in [-0.15, -0.1) is 0 Å². The van der Waals surface area contributed by atoms with Gasteiger partial charge in [-0.25, -0.2) is 44.9 Å². The quantitative estimate of drug-likeness (QED) is 0.120. The lowest BCUT2D eigenvalue weighted by atomic mass is 9.81. The summed E-state index contributed by atoms with van der Waals surface area (Å²) in [5.41, 5.74) is 39.7. The first-order valence-electron chi connectivity index (χ1n) is 50.5. The molecule has 26 aromatic rings. The van der Waals surface area contributed by atoms with Gasteiger partial charge in [-0.1, -0.05) is 359 Å². The van der Waals surface area contributed by atoms with Crippen LogP contribution >= 0.6 is 0 Å². The molecule has 30 rings (SSSR count). The van der Waals surface area contributed by atoms with Gasteiger partial charge in [0.15, 0.2) is 52.4 Å². The molecule has 0 spiro atoms. The summed E-state index contributed by atoms with van der Waals surface area (Å²) in [6.45, 7) is 18.4. The second kappa shape index (κ2) is 33.5. The molecule has 0 fully saturated rings. The summed E-state index contributed by atoms with van der Waals surface area (Å²) in [7, 11) is 0. The van der Waals surface area contributed by atoms with E-state index >= 15 is 0 Å². The molecule has 0 saturated heterocycles. The van der Waals surface area contributed by atoms with Gasteiger partial charge in [0.05, 0.1) is 0 Å². The van der Waals surface area contributed by atoms with Crippen LogP contribution in [0, 0.1) is 0 Å². The molecule has 702 valence electrons.